The second kappa shape index (κ2) is 12.9. The average Bonchev–Trinajstić information content (AvgIpc) is 1.27. The molecule has 0 aromatic carbocycles. The number of nitrogens with zero attached hydrogens (tertiary/aromatic N) is 1. The first-order chi connectivity index (χ1) is 3.41. The van der Waals surface area contributed by atoms with Gasteiger partial charge in [0.2, 0.25) is 0 Å². The van der Waals surface area contributed by atoms with E-state index in [0.29, 0.717) is 0 Å². The zero-order valence-corrected chi connectivity index (χ0v) is 7.50. The predicted octanol–water partition coefficient (Wildman–Crippen LogP) is -6.93. The Hall–Kier alpha value is 1.26. The summed E-state index contributed by atoms with van der Waals surface area (Å²) in [5.41, 5.74) is 0. The molecule has 5 nitrogen and oxygen atoms in total. The van der Waals surface area contributed by atoms with E-state index >= 15 is 0 Å². The maximum Gasteiger partial charge on any atom is 1.00 e. The molecule has 0 unspecified atom stereocenters. The molecular weight excluding hydrogens is 147 g/mol. The fraction of sp³-hybridized carbons (Fsp3) is 1.00. The Labute approximate surface area is 84.2 Å². The van der Waals surface area contributed by atoms with Crippen LogP contribution in [-0.2, 0) is 4.57 Å². The van der Waals surface area contributed by atoms with Gasteiger partial charge in [-0.15, -0.1) is 0 Å². The Morgan fingerprint density at radius 3 is 1.30 bits per heavy atom. The van der Waals surface area contributed by atoms with Gasteiger partial charge in [-0.05, 0) is 0 Å². The zero-order chi connectivity index (χ0) is 7.21. The fourth-order valence-corrected chi connectivity index (χ4v) is 0. The van der Waals surface area contributed by atoms with Crippen molar-refractivity contribution in [3.63, 3.8) is 0 Å². The quantitative estimate of drug-likeness (QED) is 0.268. The number of rotatable bonds is 0. The van der Waals surface area contributed by atoms with Crippen LogP contribution < -0.4 is 42.6 Å². The monoisotopic (exact) mass is 155 g/mol. The number of phosphoric acid groups is 1. The van der Waals surface area contributed by atoms with Crippen molar-refractivity contribution in [3.05, 3.63) is 5.32 Å². The zero-order valence-electron chi connectivity index (χ0n) is 6.61. The molecule has 0 radical (unpaired) electrons. The molecule has 0 aromatic heterocycles. The van der Waals surface area contributed by atoms with Crippen molar-refractivity contribution in [2.45, 2.75) is 0 Å². The Balaban J connectivity index is -0.0000000326. The third kappa shape index (κ3) is 396. The normalized spacial score (nSPS) is 7.70. The van der Waals surface area contributed by atoms with Gasteiger partial charge >= 0.3 is 37.7 Å². The van der Waals surface area contributed by atoms with Gasteiger partial charge in [0.25, 0.3) is 7.82 Å². The van der Waals surface area contributed by atoms with E-state index in [2.05, 4.69) is 5.32 Å². The molecule has 2 N–H and O–H groups in total. The van der Waals surface area contributed by atoms with Crippen molar-refractivity contribution in [3.8, 4) is 0 Å². The predicted molar refractivity (Wildman–Crippen MR) is 27.3 cm³/mol. The van der Waals surface area contributed by atoms with Crippen LogP contribution in [0.4, 0.5) is 0 Å². The van der Waals surface area contributed by atoms with Gasteiger partial charge in [0.05, 0.1) is 0 Å². The summed E-state index contributed by atoms with van der Waals surface area (Å²) in [6.07, 6.45) is 0. The van der Waals surface area contributed by atoms with Crippen molar-refractivity contribution >= 4 is 7.82 Å². The van der Waals surface area contributed by atoms with Gasteiger partial charge in [-0.2, -0.15) is 14.1 Å². The molecule has 0 aliphatic rings. The Kier molecular flexibility index (Phi) is 29.0. The molecule has 0 atom stereocenters. The van der Waals surface area contributed by atoms with E-state index in [-0.39, 0.29) is 37.7 Å². The van der Waals surface area contributed by atoms with Crippen LogP contribution in [0.2, 0.25) is 0 Å². The van der Waals surface area contributed by atoms with E-state index in [1.165, 1.54) is 0 Å². The van der Waals surface area contributed by atoms with Gasteiger partial charge in [0, 0.05) is 0 Å². The summed E-state index contributed by atoms with van der Waals surface area (Å²) in [7, 11) is -1.39. The first kappa shape index (κ1) is 22.5. The summed E-state index contributed by atoms with van der Waals surface area (Å²) in [5.74, 6) is 0. The summed E-state index contributed by atoms with van der Waals surface area (Å²) in [6, 6.07) is 0. The van der Waals surface area contributed by atoms with E-state index in [4.69, 9.17) is 19.2 Å². The fourth-order valence-electron chi connectivity index (χ4n) is 0. The molecule has 0 spiro atoms. The molecule has 0 saturated heterocycles. The van der Waals surface area contributed by atoms with Gasteiger partial charge in [-0.1, -0.05) is 0 Å². The minimum atomic E-state index is -4.89. The van der Waals surface area contributed by atoms with Gasteiger partial charge in [-0.3, -0.25) is 4.57 Å². The molecule has 0 amide bonds. The van der Waals surface area contributed by atoms with E-state index in [0.717, 1.165) is 0 Å². The van der Waals surface area contributed by atoms with Crippen LogP contribution in [0.15, 0.2) is 0 Å². The molecule has 10 heavy (non-hydrogen) atoms. The third-order valence-electron chi connectivity index (χ3n) is 0. The molecule has 0 rings (SSSR count). The molecule has 0 aliphatic carbocycles. The second-order valence-corrected chi connectivity index (χ2v) is 1.92. The van der Waals surface area contributed by atoms with Crippen LogP contribution in [0, 0.1) is 0 Å². The van der Waals surface area contributed by atoms with Crippen molar-refractivity contribution < 1.29 is 57.0 Å². The Morgan fingerprint density at radius 1 is 1.30 bits per heavy atom. The summed E-state index contributed by atoms with van der Waals surface area (Å²) in [5, 5.41) is 3.50. The second-order valence-electron chi connectivity index (χ2n) is 0.938. The van der Waals surface area contributed by atoms with Crippen molar-refractivity contribution in [2.24, 2.45) is 0 Å². The average molecular weight is 155 g/mol. The number of hydrogen-bond donors (Lipinski definition) is 2. The van der Waals surface area contributed by atoms with Crippen molar-refractivity contribution in [1.82, 2.24) is 0 Å². The summed E-state index contributed by atoms with van der Waals surface area (Å²) in [6.45, 7) is 0. The molecule has 52 valence electrons. The first-order valence-electron chi connectivity index (χ1n) is 1.66. The topological polar surface area (TPSA) is 94.7 Å². The minimum Gasteiger partial charge on any atom is -0.756 e. The Morgan fingerprint density at radius 2 is 1.30 bits per heavy atom. The van der Waals surface area contributed by atoms with Crippen LogP contribution in [-0.4, -0.2) is 23.9 Å². The summed E-state index contributed by atoms with van der Waals surface area (Å²) < 4.78 is 8.77. The summed E-state index contributed by atoms with van der Waals surface area (Å²) in [4.78, 5) is 22.9. The molecular formula is C2H8Li2NO4P. The van der Waals surface area contributed by atoms with E-state index in [1.54, 1.807) is 14.1 Å². The third-order valence-corrected chi connectivity index (χ3v) is 0. The molecule has 0 aliphatic heterocycles. The first-order valence-corrected chi connectivity index (χ1v) is 3.19. The molecule has 0 aromatic rings. The molecule has 0 saturated carbocycles. The SMILES string of the molecule is C[N-]C.O=P([O-])(O)O.[Li+].[Li+]. The molecule has 0 bridgehead atoms. The van der Waals surface area contributed by atoms with E-state index < -0.39 is 7.82 Å². The Bertz CT molecular complexity index is 77.1. The van der Waals surface area contributed by atoms with E-state index in [1.807, 2.05) is 0 Å². The van der Waals surface area contributed by atoms with Gasteiger partial charge in [0.15, 0.2) is 0 Å². The minimum absolute atomic E-state index is 0. The number of hydrogen-bond acceptors (Lipinski definition) is 2. The van der Waals surface area contributed by atoms with Crippen molar-refractivity contribution in [1.29, 1.82) is 0 Å². The van der Waals surface area contributed by atoms with Crippen LogP contribution in [0.3, 0.4) is 0 Å². The van der Waals surface area contributed by atoms with Gasteiger partial charge in [0.1, 0.15) is 0 Å². The molecule has 0 fully saturated rings. The van der Waals surface area contributed by atoms with Gasteiger partial charge < -0.3 is 20.0 Å². The standard InChI is InChI=1S/C2H6N.2Li.H3O4P/c1-3-2;;;1-5(2,3)4/h1-2H3;;;(H3,1,2,3,4)/q-1;2*+1;/p-1. The maximum atomic E-state index is 8.77. The smallest absolute Gasteiger partial charge is 0.756 e. The van der Waals surface area contributed by atoms with Crippen LogP contribution >= 0.6 is 7.82 Å². The summed E-state index contributed by atoms with van der Waals surface area (Å²) >= 11 is 0. The maximum absolute atomic E-state index is 8.77. The largest absolute Gasteiger partial charge is 1.00 e. The van der Waals surface area contributed by atoms with E-state index in [9.17, 15) is 0 Å². The van der Waals surface area contributed by atoms with Gasteiger partial charge in [-0.25, -0.2) is 0 Å². The van der Waals surface area contributed by atoms with Crippen molar-refractivity contribution in [2.75, 3.05) is 14.1 Å². The van der Waals surface area contributed by atoms with Crippen LogP contribution in [0.1, 0.15) is 0 Å². The van der Waals surface area contributed by atoms with Crippen LogP contribution in [0.5, 0.6) is 0 Å². The molecule has 0 heterocycles. The molecule has 8 heteroatoms. The van der Waals surface area contributed by atoms with Crippen LogP contribution in [0.25, 0.3) is 5.32 Å².